The van der Waals surface area contributed by atoms with Gasteiger partial charge in [0.05, 0.1) is 0 Å². The first-order chi connectivity index (χ1) is 5.01. The lowest BCUT2D eigenvalue weighted by molar-refractivity contribution is -0.152. The SMILES string of the molecule is CC(C)C(CN)(CF)C(=O)O. The monoisotopic (exact) mass is 163 g/mol. The van der Waals surface area contributed by atoms with Crippen LogP contribution in [0, 0.1) is 11.3 Å². The van der Waals surface area contributed by atoms with E-state index in [1.807, 2.05) is 0 Å². The van der Waals surface area contributed by atoms with Crippen molar-refractivity contribution in [3.63, 3.8) is 0 Å². The molecule has 0 fully saturated rings. The molecule has 0 aliphatic rings. The fourth-order valence-electron chi connectivity index (χ4n) is 0.836. The standard InChI is InChI=1S/C7H14FNO2/c1-5(2)7(3-8,4-9)6(10)11/h5H,3-4,9H2,1-2H3,(H,10,11). The van der Waals surface area contributed by atoms with E-state index in [-0.39, 0.29) is 12.5 Å². The first-order valence-electron chi connectivity index (χ1n) is 3.50. The van der Waals surface area contributed by atoms with Gasteiger partial charge < -0.3 is 10.8 Å². The number of halogens is 1. The van der Waals surface area contributed by atoms with Crippen LogP contribution in [0.1, 0.15) is 13.8 Å². The second-order valence-corrected chi connectivity index (χ2v) is 2.95. The van der Waals surface area contributed by atoms with E-state index in [2.05, 4.69) is 0 Å². The van der Waals surface area contributed by atoms with Gasteiger partial charge in [-0.2, -0.15) is 0 Å². The molecule has 3 N–H and O–H groups in total. The minimum atomic E-state index is -1.39. The molecular weight excluding hydrogens is 149 g/mol. The van der Waals surface area contributed by atoms with E-state index in [1.54, 1.807) is 13.8 Å². The highest BCUT2D eigenvalue weighted by Crippen LogP contribution is 2.27. The third kappa shape index (κ3) is 1.68. The normalized spacial score (nSPS) is 16.5. The zero-order chi connectivity index (χ0) is 9.07. The summed E-state index contributed by atoms with van der Waals surface area (Å²) in [6.07, 6.45) is 0. The molecule has 0 heterocycles. The van der Waals surface area contributed by atoms with Crippen LogP contribution in [0.4, 0.5) is 4.39 Å². The molecular formula is C7H14FNO2. The number of alkyl halides is 1. The van der Waals surface area contributed by atoms with Crippen molar-refractivity contribution in [2.75, 3.05) is 13.2 Å². The topological polar surface area (TPSA) is 63.3 Å². The van der Waals surface area contributed by atoms with Crippen molar-refractivity contribution < 1.29 is 14.3 Å². The van der Waals surface area contributed by atoms with Crippen molar-refractivity contribution in [1.82, 2.24) is 0 Å². The van der Waals surface area contributed by atoms with E-state index in [4.69, 9.17) is 10.8 Å². The summed E-state index contributed by atoms with van der Waals surface area (Å²) in [5, 5.41) is 8.67. The Balaban J connectivity index is 4.61. The van der Waals surface area contributed by atoms with Crippen LogP contribution in [0.15, 0.2) is 0 Å². The molecule has 66 valence electrons. The van der Waals surface area contributed by atoms with Gasteiger partial charge in [-0.3, -0.25) is 4.79 Å². The van der Waals surface area contributed by atoms with E-state index in [0.29, 0.717) is 0 Å². The zero-order valence-electron chi connectivity index (χ0n) is 6.80. The van der Waals surface area contributed by atoms with Gasteiger partial charge in [-0.25, -0.2) is 4.39 Å². The number of carboxylic acid groups (broad SMARTS) is 1. The van der Waals surface area contributed by atoms with Crippen molar-refractivity contribution in [3.05, 3.63) is 0 Å². The average molecular weight is 163 g/mol. The molecule has 0 aliphatic heterocycles. The highest BCUT2D eigenvalue weighted by Gasteiger charge is 2.40. The van der Waals surface area contributed by atoms with E-state index in [1.165, 1.54) is 0 Å². The van der Waals surface area contributed by atoms with Crippen LogP contribution < -0.4 is 5.73 Å². The number of rotatable bonds is 4. The van der Waals surface area contributed by atoms with Crippen LogP contribution in [0.5, 0.6) is 0 Å². The average Bonchev–Trinajstić information content (AvgIpc) is 1.90. The Bertz CT molecular complexity index is 143. The second kappa shape index (κ2) is 3.67. The van der Waals surface area contributed by atoms with E-state index >= 15 is 0 Å². The molecule has 0 saturated heterocycles. The fraction of sp³-hybridized carbons (Fsp3) is 0.857. The first kappa shape index (κ1) is 10.4. The summed E-state index contributed by atoms with van der Waals surface area (Å²) >= 11 is 0. The second-order valence-electron chi connectivity index (χ2n) is 2.95. The van der Waals surface area contributed by atoms with Gasteiger partial charge in [0.15, 0.2) is 0 Å². The van der Waals surface area contributed by atoms with E-state index < -0.39 is 18.1 Å². The van der Waals surface area contributed by atoms with Crippen LogP contribution in [0.3, 0.4) is 0 Å². The molecule has 1 atom stereocenters. The quantitative estimate of drug-likeness (QED) is 0.639. The van der Waals surface area contributed by atoms with Gasteiger partial charge in [-0.1, -0.05) is 13.8 Å². The molecule has 0 aliphatic carbocycles. The van der Waals surface area contributed by atoms with E-state index in [0.717, 1.165) is 0 Å². The molecule has 0 radical (unpaired) electrons. The summed E-state index contributed by atoms with van der Waals surface area (Å²) in [6, 6.07) is 0. The molecule has 0 amide bonds. The highest BCUT2D eigenvalue weighted by atomic mass is 19.1. The summed E-state index contributed by atoms with van der Waals surface area (Å²) in [6.45, 7) is 2.24. The van der Waals surface area contributed by atoms with Crippen molar-refractivity contribution in [2.24, 2.45) is 17.1 Å². The fourth-order valence-corrected chi connectivity index (χ4v) is 0.836. The molecule has 0 aromatic carbocycles. The molecule has 1 unspecified atom stereocenters. The summed E-state index contributed by atoms with van der Waals surface area (Å²) in [4.78, 5) is 10.6. The number of nitrogens with two attached hydrogens (primary N) is 1. The number of hydrogen-bond acceptors (Lipinski definition) is 2. The summed E-state index contributed by atoms with van der Waals surface area (Å²) in [5.41, 5.74) is 3.81. The minimum absolute atomic E-state index is 0.156. The number of hydrogen-bond donors (Lipinski definition) is 2. The maximum Gasteiger partial charge on any atom is 0.313 e. The Kier molecular flexibility index (Phi) is 3.45. The predicted molar refractivity (Wildman–Crippen MR) is 39.9 cm³/mol. The van der Waals surface area contributed by atoms with Crippen LogP contribution in [0.25, 0.3) is 0 Å². The maximum absolute atomic E-state index is 12.4. The van der Waals surface area contributed by atoms with Gasteiger partial charge in [0.25, 0.3) is 0 Å². The Morgan fingerprint density at radius 2 is 2.18 bits per heavy atom. The van der Waals surface area contributed by atoms with Crippen LogP contribution in [-0.4, -0.2) is 24.3 Å². The molecule has 0 rings (SSSR count). The van der Waals surface area contributed by atoms with Gasteiger partial charge >= 0.3 is 5.97 Å². The lowest BCUT2D eigenvalue weighted by atomic mass is 9.78. The van der Waals surface area contributed by atoms with Crippen molar-refractivity contribution >= 4 is 5.97 Å². The van der Waals surface area contributed by atoms with E-state index in [9.17, 15) is 9.18 Å². The first-order valence-corrected chi connectivity index (χ1v) is 3.50. The lowest BCUT2D eigenvalue weighted by Crippen LogP contribution is -2.45. The summed E-state index contributed by atoms with van der Waals surface area (Å²) < 4.78 is 12.4. The van der Waals surface area contributed by atoms with Crippen molar-refractivity contribution in [2.45, 2.75) is 13.8 Å². The summed E-state index contributed by atoms with van der Waals surface area (Å²) in [7, 11) is 0. The number of carboxylic acids is 1. The van der Waals surface area contributed by atoms with Crippen LogP contribution in [-0.2, 0) is 4.79 Å². The van der Waals surface area contributed by atoms with Gasteiger partial charge in [0.1, 0.15) is 12.1 Å². The highest BCUT2D eigenvalue weighted by molar-refractivity contribution is 5.75. The Labute approximate surface area is 65.4 Å². The molecule has 11 heavy (non-hydrogen) atoms. The van der Waals surface area contributed by atoms with Crippen LogP contribution >= 0.6 is 0 Å². The zero-order valence-corrected chi connectivity index (χ0v) is 6.80. The van der Waals surface area contributed by atoms with Crippen LogP contribution in [0.2, 0.25) is 0 Å². The number of carbonyl (C=O) groups is 1. The Morgan fingerprint density at radius 3 is 2.18 bits per heavy atom. The molecule has 0 aromatic rings. The maximum atomic E-state index is 12.4. The van der Waals surface area contributed by atoms with Gasteiger partial charge in [0, 0.05) is 6.54 Å². The smallest absolute Gasteiger partial charge is 0.313 e. The molecule has 0 aromatic heterocycles. The van der Waals surface area contributed by atoms with Gasteiger partial charge in [-0.15, -0.1) is 0 Å². The molecule has 3 nitrogen and oxygen atoms in total. The van der Waals surface area contributed by atoms with Gasteiger partial charge in [-0.05, 0) is 5.92 Å². The summed E-state index contributed by atoms with van der Waals surface area (Å²) in [5.74, 6) is -1.44. The van der Waals surface area contributed by atoms with Gasteiger partial charge in [0.2, 0.25) is 0 Å². The third-order valence-corrected chi connectivity index (χ3v) is 2.13. The Morgan fingerprint density at radius 1 is 1.73 bits per heavy atom. The molecule has 0 bridgehead atoms. The molecule has 0 spiro atoms. The minimum Gasteiger partial charge on any atom is -0.481 e. The van der Waals surface area contributed by atoms with Crippen molar-refractivity contribution in [1.29, 1.82) is 0 Å². The van der Waals surface area contributed by atoms with Crippen molar-refractivity contribution in [3.8, 4) is 0 Å². The lowest BCUT2D eigenvalue weighted by Gasteiger charge is -2.28. The third-order valence-electron chi connectivity index (χ3n) is 2.13. The molecule has 4 heteroatoms. The predicted octanol–water partition coefficient (Wildman–Crippen LogP) is 0.642. The largest absolute Gasteiger partial charge is 0.481 e. The molecule has 0 saturated carbocycles. The Hall–Kier alpha value is -0.640. The number of aliphatic carboxylic acids is 1.